The van der Waals surface area contributed by atoms with E-state index in [0.717, 1.165) is 22.3 Å². The van der Waals surface area contributed by atoms with Crippen LogP contribution < -0.4 is 5.43 Å². The Morgan fingerprint density at radius 3 is 2.64 bits per heavy atom. The summed E-state index contributed by atoms with van der Waals surface area (Å²) in [4.78, 5) is 24.4. The molecule has 1 aliphatic rings. The lowest BCUT2D eigenvalue weighted by molar-refractivity contribution is 0.101. The highest BCUT2D eigenvalue weighted by Gasteiger charge is 2.34. The molecule has 4 rings (SSSR count). The molecule has 0 N–H and O–H groups in total. The monoisotopic (exact) mass is 335 g/mol. The van der Waals surface area contributed by atoms with Crippen molar-refractivity contribution in [3.05, 3.63) is 52.3 Å². The van der Waals surface area contributed by atoms with Crippen LogP contribution in [-0.2, 0) is 6.54 Å². The SMILES string of the molecule is CC(=O)c1cn2c(cc1=O)-c1c3ccccc3nn1CC2C(C)(C)C. The van der Waals surface area contributed by atoms with E-state index in [0.29, 0.717) is 6.54 Å². The molecule has 0 aliphatic carbocycles. The minimum atomic E-state index is -0.231. The number of nitrogens with zero attached hydrogens (tertiary/aromatic N) is 3. The van der Waals surface area contributed by atoms with Crippen molar-refractivity contribution >= 4 is 16.7 Å². The fourth-order valence-electron chi connectivity index (χ4n) is 3.69. The van der Waals surface area contributed by atoms with Gasteiger partial charge in [0.2, 0.25) is 0 Å². The van der Waals surface area contributed by atoms with Gasteiger partial charge in [0.15, 0.2) is 11.2 Å². The van der Waals surface area contributed by atoms with Crippen molar-refractivity contribution in [1.82, 2.24) is 14.3 Å². The van der Waals surface area contributed by atoms with Crippen molar-refractivity contribution in [3.8, 4) is 11.4 Å². The first kappa shape index (κ1) is 15.8. The third kappa shape index (κ3) is 2.34. The molecule has 0 fully saturated rings. The number of aromatic nitrogens is 3. The number of carbonyl (C=O) groups is 1. The molecule has 1 atom stereocenters. The van der Waals surface area contributed by atoms with Gasteiger partial charge in [0, 0.05) is 17.6 Å². The van der Waals surface area contributed by atoms with Gasteiger partial charge in [-0.05, 0) is 18.4 Å². The maximum Gasteiger partial charge on any atom is 0.193 e. The van der Waals surface area contributed by atoms with Gasteiger partial charge in [0.1, 0.15) is 0 Å². The van der Waals surface area contributed by atoms with Crippen LogP contribution in [0.25, 0.3) is 22.3 Å². The summed E-state index contributed by atoms with van der Waals surface area (Å²) in [5, 5.41) is 5.76. The summed E-state index contributed by atoms with van der Waals surface area (Å²) in [5.41, 5.74) is 2.66. The smallest absolute Gasteiger partial charge is 0.193 e. The highest BCUT2D eigenvalue weighted by Crippen LogP contribution is 2.41. The lowest BCUT2D eigenvalue weighted by atomic mass is 9.84. The first-order valence-corrected chi connectivity index (χ1v) is 8.50. The molecular weight excluding hydrogens is 314 g/mol. The summed E-state index contributed by atoms with van der Waals surface area (Å²) in [6, 6.07) is 9.65. The number of benzene rings is 1. The third-order valence-corrected chi connectivity index (χ3v) is 5.03. The normalized spacial score (nSPS) is 16.6. The maximum absolute atomic E-state index is 12.5. The van der Waals surface area contributed by atoms with Gasteiger partial charge in [0.25, 0.3) is 0 Å². The summed E-state index contributed by atoms with van der Waals surface area (Å²) in [6.07, 6.45) is 1.74. The van der Waals surface area contributed by atoms with Crippen molar-refractivity contribution in [2.24, 2.45) is 5.41 Å². The third-order valence-electron chi connectivity index (χ3n) is 5.03. The predicted molar refractivity (Wildman–Crippen MR) is 97.9 cm³/mol. The summed E-state index contributed by atoms with van der Waals surface area (Å²) in [7, 11) is 0. The van der Waals surface area contributed by atoms with Gasteiger partial charge >= 0.3 is 0 Å². The number of fused-ring (bicyclic) bond motifs is 5. The zero-order chi connectivity index (χ0) is 17.9. The molecule has 5 nitrogen and oxygen atoms in total. The number of hydrogen-bond acceptors (Lipinski definition) is 3. The molecule has 1 aliphatic heterocycles. The predicted octanol–water partition coefficient (Wildman–Crippen LogP) is 3.67. The summed E-state index contributed by atoms with van der Waals surface area (Å²) >= 11 is 0. The molecule has 1 unspecified atom stereocenters. The fourth-order valence-corrected chi connectivity index (χ4v) is 3.69. The second kappa shape index (κ2) is 5.15. The maximum atomic E-state index is 12.5. The fraction of sp³-hybridized carbons (Fsp3) is 0.350. The highest BCUT2D eigenvalue weighted by atomic mass is 16.1. The zero-order valence-corrected chi connectivity index (χ0v) is 14.9. The highest BCUT2D eigenvalue weighted by molar-refractivity contribution is 5.95. The van der Waals surface area contributed by atoms with Crippen LogP contribution in [0.15, 0.2) is 41.3 Å². The van der Waals surface area contributed by atoms with E-state index in [4.69, 9.17) is 5.10 Å². The van der Waals surface area contributed by atoms with E-state index < -0.39 is 0 Å². The molecule has 0 saturated carbocycles. The molecule has 3 heterocycles. The van der Waals surface area contributed by atoms with Crippen molar-refractivity contribution in [2.45, 2.75) is 40.3 Å². The number of carbonyl (C=O) groups excluding carboxylic acids is 1. The van der Waals surface area contributed by atoms with Crippen LogP contribution in [0.5, 0.6) is 0 Å². The summed E-state index contributed by atoms with van der Waals surface area (Å²) in [6.45, 7) is 8.66. The number of pyridine rings is 1. The average molecular weight is 335 g/mol. The van der Waals surface area contributed by atoms with Crippen molar-refractivity contribution in [1.29, 1.82) is 0 Å². The van der Waals surface area contributed by atoms with Gasteiger partial charge in [-0.15, -0.1) is 0 Å². The number of rotatable bonds is 1. The van der Waals surface area contributed by atoms with Gasteiger partial charge in [-0.25, -0.2) is 0 Å². The van der Waals surface area contributed by atoms with E-state index in [1.165, 1.54) is 6.92 Å². The van der Waals surface area contributed by atoms with Crippen LogP contribution in [0.3, 0.4) is 0 Å². The van der Waals surface area contributed by atoms with E-state index in [-0.39, 0.29) is 28.2 Å². The molecule has 0 amide bonds. The number of Topliss-reactive ketones (excluding diaryl/α,β-unsaturated/α-hetero) is 1. The summed E-state index contributed by atoms with van der Waals surface area (Å²) in [5.74, 6) is -0.197. The molecule has 1 aromatic carbocycles. The Labute approximate surface area is 145 Å². The van der Waals surface area contributed by atoms with Crippen LogP contribution in [0.2, 0.25) is 0 Å². The van der Waals surface area contributed by atoms with Crippen molar-refractivity contribution in [2.75, 3.05) is 0 Å². The Balaban J connectivity index is 2.09. The molecule has 2 aromatic heterocycles. The standard InChI is InChI=1S/C20H21N3O2/c1-12(24)14-10-22-16(9-17(14)25)19-13-7-5-6-8-15(13)21-23(19)11-18(22)20(2,3)4/h5-10,18H,11H2,1-4H3. The molecule has 5 heteroatoms. The van der Waals surface area contributed by atoms with E-state index in [9.17, 15) is 9.59 Å². The quantitative estimate of drug-likeness (QED) is 0.638. The van der Waals surface area contributed by atoms with Crippen LogP contribution in [0, 0.1) is 5.41 Å². The minimum absolute atomic E-state index is 0.0479. The van der Waals surface area contributed by atoms with Crippen LogP contribution in [0.1, 0.15) is 44.1 Å². The molecule has 3 aromatic rings. The second-order valence-corrected chi connectivity index (χ2v) is 7.83. The van der Waals surface area contributed by atoms with Gasteiger partial charge in [-0.2, -0.15) is 5.10 Å². The molecule has 25 heavy (non-hydrogen) atoms. The largest absolute Gasteiger partial charge is 0.340 e. The van der Waals surface area contributed by atoms with E-state index in [2.05, 4.69) is 25.3 Å². The topological polar surface area (TPSA) is 56.9 Å². The lowest BCUT2D eigenvalue weighted by Gasteiger charge is -2.38. The number of ketones is 1. The van der Waals surface area contributed by atoms with Crippen LogP contribution in [-0.4, -0.2) is 20.1 Å². The molecule has 0 saturated heterocycles. The zero-order valence-electron chi connectivity index (χ0n) is 14.9. The van der Waals surface area contributed by atoms with Crippen LogP contribution in [0.4, 0.5) is 0 Å². The molecule has 0 bridgehead atoms. The van der Waals surface area contributed by atoms with Gasteiger partial charge in [0.05, 0.1) is 35.1 Å². The Kier molecular flexibility index (Phi) is 3.26. The lowest BCUT2D eigenvalue weighted by Crippen LogP contribution is -2.35. The Morgan fingerprint density at radius 2 is 1.96 bits per heavy atom. The average Bonchev–Trinajstić information content (AvgIpc) is 2.91. The van der Waals surface area contributed by atoms with Gasteiger partial charge in [-0.1, -0.05) is 39.0 Å². The first-order chi connectivity index (χ1) is 11.8. The van der Waals surface area contributed by atoms with E-state index in [1.807, 2.05) is 28.9 Å². The molecular formula is C20H21N3O2. The molecule has 128 valence electrons. The van der Waals surface area contributed by atoms with Gasteiger partial charge in [-0.3, -0.25) is 14.3 Å². The Morgan fingerprint density at radius 1 is 1.24 bits per heavy atom. The minimum Gasteiger partial charge on any atom is -0.340 e. The van der Waals surface area contributed by atoms with E-state index in [1.54, 1.807) is 12.3 Å². The molecule has 0 spiro atoms. The van der Waals surface area contributed by atoms with E-state index >= 15 is 0 Å². The first-order valence-electron chi connectivity index (χ1n) is 8.50. The Bertz CT molecular complexity index is 1070. The number of hydrogen-bond donors (Lipinski definition) is 0. The Hall–Kier alpha value is -2.69. The van der Waals surface area contributed by atoms with Crippen molar-refractivity contribution in [3.63, 3.8) is 0 Å². The second-order valence-electron chi connectivity index (χ2n) is 7.83. The van der Waals surface area contributed by atoms with Crippen molar-refractivity contribution < 1.29 is 4.79 Å². The molecule has 0 radical (unpaired) electrons. The van der Waals surface area contributed by atoms with Gasteiger partial charge < -0.3 is 4.57 Å². The van der Waals surface area contributed by atoms with Crippen LogP contribution >= 0.6 is 0 Å². The summed E-state index contributed by atoms with van der Waals surface area (Å²) < 4.78 is 4.10.